The number of primary amides is 1. The molecule has 0 aliphatic carbocycles. The molecule has 3 rings (SSSR count). The van der Waals surface area contributed by atoms with Crippen molar-refractivity contribution in [3.05, 3.63) is 81.5 Å². The molecule has 7 nitrogen and oxygen atoms in total. The second-order valence-electron chi connectivity index (χ2n) is 6.31. The van der Waals surface area contributed by atoms with Crippen molar-refractivity contribution in [2.45, 2.75) is 22.9 Å². The maximum atomic E-state index is 13.1. The largest absolute Gasteiger partial charge is 0.433 e. The Bertz CT molecular complexity index is 1310. The van der Waals surface area contributed by atoms with Gasteiger partial charge >= 0.3 is 6.18 Å². The van der Waals surface area contributed by atoms with Gasteiger partial charge in [0.25, 0.3) is 11.5 Å². The minimum Gasteiger partial charge on any atom is -0.365 e. The van der Waals surface area contributed by atoms with Crippen LogP contribution in [0.25, 0.3) is 5.69 Å². The number of nitriles is 1. The quantitative estimate of drug-likeness (QED) is 0.661. The summed E-state index contributed by atoms with van der Waals surface area (Å²) in [5.41, 5.74) is 2.71. The molecule has 0 spiro atoms. The predicted octanol–water partition coefficient (Wildman–Crippen LogP) is 2.70. The highest BCUT2D eigenvalue weighted by Crippen LogP contribution is 2.29. The molecule has 11 heteroatoms. The number of halogens is 3. The first-order valence-corrected chi connectivity index (χ1v) is 9.71. The number of aromatic nitrogens is 2. The van der Waals surface area contributed by atoms with Crippen LogP contribution in [0.5, 0.6) is 0 Å². The lowest BCUT2D eigenvalue weighted by atomic mass is 10.2. The van der Waals surface area contributed by atoms with Crippen molar-refractivity contribution in [2.24, 2.45) is 5.73 Å². The Hall–Kier alpha value is -3.78. The van der Waals surface area contributed by atoms with E-state index in [2.05, 4.69) is 4.98 Å². The standard InChI is InChI=1S/C20H13F3N4O3S/c1-11-16(31(30)14-4-2-12(10-24)3-5-14)9-15(18(25)28)19(29)27(11)13-6-7-26-17(8-13)20(21,22)23/h2-9H,1H3,(H2,25,28). The number of amides is 1. The number of nitrogens with two attached hydrogens (primary N) is 1. The first-order chi connectivity index (χ1) is 14.5. The van der Waals surface area contributed by atoms with Gasteiger partial charge in [0.2, 0.25) is 0 Å². The third-order valence-electron chi connectivity index (χ3n) is 4.36. The predicted molar refractivity (Wildman–Crippen MR) is 104 cm³/mol. The van der Waals surface area contributed by atoms with Crippen LogP contribution in [0.2, 0.25) is 0 Å². The summed E-state index contributed by atoms with van der Waals surface area (Å²) in [7, 11) is -1.92. The van der Waals surface area contributed by atoms with Gasteiger partial charge in [-0.1, -0.05) is 0 Å². The summed E-state index contributed by atoms with van der Waals surface area (Å²) in [6, 6.07) is 10.5. The van der Waals surface area contributed by atoms with Gasteiger partial charge in [0.05, 0.1) is 33.0 Å². The zero-order valence-electron chi connectivity index (χ0n) is 15.8. The van der Waals surface area contributed by atoms with E-state index >= 15 is 0 Å². The fourth-order valence-corrected chi connectivity index (χ4v) is 4.07. The Morgan fingerprint density at radius 3 is 2.39 bits per heavy atom. The first-order valence-electron chi connectivity index (χ1n) is 8.56. The van der Waals surface area contributed by atoms with E-state index in [1.54, 1.807) is 0 Å². The minimum absolute atomic E-state index is 0.00322. The molecule has 1 unspecified atom stereocenters. The minimum atomic E-state index is -4.76. The van der Waals surface area contributed by atoms with Gasteiger partial charge < -0.3 is 5.73 Å². The number of hydrogen-bond donors (Lipinski definition) is 1. The van der Waals surface area contributed by atoms with E-state index in [1.165, 1.54) is 31.2 Å². The molecular formula is C20H13F3N4O3S. The highest BCUT2D eigenvalue weighted by Gasteiger charge is 2.33. The van der Waals surface area contributed by atoms with Gasteiger partial charge in [-0.25, -0.2) is 4.21 Å². The molecule has 2 N–H and O–H groups in total. The average Bonchev–Trinajstić information content (AvgIpc) is 2.73. The van der Waals surface area contributed by atoms with E-state index in [9.17, 15) is 27.0 Å². The van der Waals surface area contributed by atoms with Crippen molar-refractivity contribution >= 4 is 16.7 Å². The Balaban J connectivity index is 2.27. The number of carbonyl (C=O) groups excluding carboxylic acids is 1. The molecule has 0 saturated carbocycles. The summed E-state index contributed by atoms with van der Waals surface area (Å²) in [6.07, 6.45) is -3.89. The van der Waals surface area contributed by atoms with E-state index in [0.29, 0.717) is 11.6 Å². The molecule has 0 bridgehead atoms. The van der Waals surface area contributed by atoms with Gasteiger partial charge in [-0.2, -0.15) is 18.4 Å². The van der Waals surface area contributed by atoms with Crippen molar-refractivity contribution in [3.8, 4) is 11.8 Å². The summed E-state index contributed by atoms with van der Waals surface area (Å²) < 4.78 is 53.2. The Morgan fingerprint density at radius 1 is 1.19 bits per heavy atom. The maximum absolute atomic E-state index is 13.1. The maximum Gasteiger partial charge on any atom is 0.433 e. The number of nitrogens with zero attached hydrogens (tertiary/aromatic N) is 3. The van der Waals surface area contributed by atoms with Crippen LogP contribution in [0.4, 0.5) is 13.2 Å². The Morgan fingerprint density at radius 2 is 1.84 bits per heavy atom. The number of hydrogen-bond acceptors (Lipinski definition) is 5. The van der Waals surface area contributed by atoms with Gasteiger partial charge in [0.1, 0.15) is 11.3 Å². The molecular weight excluding hydrogens is 433 g/mol. The van der Waals surface area contributed by atoms with Crippen LogP contribution in [0, 0.1) is 18.3 Å². The lowest BCUT2D eigenvalue weighted by molar-refractivity contribution is -0.141. The Labute approximate surface area is 176 Å². The molecule has 31 heavy (non-hydrogen) atoms. The average molecular weight is 446 g/mol. The van der Waals surface area contributed by atoms with Crippen LogP contribution in [-0.2, 0) is 17.0 Å². The summed E-state index contributed by atoms with van der Waals surface area (Å²) >= 11 is 0. The number of alkyl halides is 3. The van der Waals surface area contributed by atoms with Crippen molar-refractivity contribution in [1.82, 2.24) is 9.55 Å². The second kappa shape index (κ2) is 8.16. The van der Waals surface area contributed by atoms with E-state index in [-0.39, 0.29) is 21.2 Å². The number of pyridine rings is 2. The van der Waals surface area contributed by atoms with Crippen molar-refractivity contribution < 1.29 is 22.2 Å². The highest BCUT2D eigenvalue weighted by atomic mass is 32.2. The fraction of sp³-hybridized carbons (Fsp3) is 0.100. The normalized spacial score (nSPS) is 12.2. The Kier molecular flexibility index (Phi) is 5.77. The molecule has 1 amide bonds. The number of carbonyl (C=O) groups is 1. The molecule has 0 fully saturated rings. The molecule has 1 atom stereocenters. The smallest absolute Gasteiger partial charge is 0.365 e. The summed E-state index contributed by atoms with van der Waals surface area (Å²) in [5, 5.41) is 8.90. The van der Waals surface area contributed by atoms with Gasteiger partial charge in [0, 0.05) is 16.8 Å². The van der Waals surface area contributed by atoms with Gasteiger partial charge in [-0.3, -0.25) is 19.1 Å². The topological polar surface area (TPSA) is 119 Å². The third kappa shape index (κ3) is 4.24. The van der Waals surface area contributed by atoms with E-state index < -0.39 is 39.7 Å². The van der Waals surface area contributed by atoms with Crippen LogP contribution in [0.3, 0.4) is 0 Å². The molecule has 2 aromatic heterocycles. The van der Waals surface area contributed by atoms with Gasteiger partial charge in [0.15, 0.2) is 0 Å². The fourth-order valence-electron chi connectivity index (χ4n) is 2.85. The zero-order chi connectivity index (χ0) is 22.9. The lowest BCUT2D eigenvalue weighted by Crippen LogP contribution is -2.31. The molecule has 0 aliphatic rings. The molecule has 3 aromatic rings. The number of benzene rings is 1. The van der Waals surface area contributed by atoms with E-state index in [4.69, 9.17) is 11.0 Å². The van der Waals surface area contributed by atoms with Gasteiger partial charge in [-0.15, -0.1) is 0 Å². The first kappa shape index (κ1) is 21.9. The van der Waals surface area contributed by atoms with Crippen LogP contribution in [-0.4, -0.2) is 19.7 Å². The van der Waals surface area contributed by atoms with Crippen molar-refractivity contribution in [3.63, 3.8) is 0 Å². The molecule has 0 radical (unpaired) electrons. The van der Waals surface area contributed by atoms with Crippen LogP contribution < -0.4 is 11.3 Å². The summed E-state index contributed by atoms with van der Waals surface area (Å²) in [5.74, 6) is -1.12. The third-order valence-corrected chi connectivity index (χ3v) is 5.87. The SMILES string of the molecule is Cc1c(S(=O)c2ccc(C#N)cc2)cc(C(N)=O)c(=O)n1-c1ccnc(C(F)(F)F)c1. The highest BCUT2D eigenvalue weighted by molar-refractivity contribution is 7.85. The molecule has 158 valence electrons. The summed E-state index contributed by atoms with van der Waals surface area (Å²) in [4.78, 5) is 28.1. The van der Waals surface area contributed by atoms with Crippen LogP contribution in [0.15, 0.2) is 63.2 Å². The molecule has 0 aliphatic heterocycles. The second-order valence-corrected chi connectivity index (χ2v) is 7.76. The van der Waals surface area contributed by atoms with E-state index in [1.807, 2.05) is 6.07 Å². The van der Waals surface area contributed by atoms with Crippen molar-refractivity contribution in [1.29, 1.82) is 5.26 Å². The van der Waals surface area contributed by atoms with Crippen LogP contribution in [0.1, 0.15) is 27.3 Å². The van der Waals surface area contributed by atoms with Crippen molar-refractivity contribution in [2.75, 3.05) is 0 Å². The monoisotopic (exact) mass is 446 g/mol. The molecule has 2 heterocycles. The van der Waals surface area contributed by atoms with E-state index in [0.717, 1.165) is 22.9 Å². The molecule has 1 aromatic carbocycles. The zero-order valence-corrected chi connectivity index (χ0v) is 16.6. The summed E-state index contributed by atoms with van der Waals surface area (Å²) in [6.45, 7) is 1.39. The lowest BCUT2D eigenvalue weighted by Gasteiger charge is -2.16. The van der Waals surface area contributed by atoms with Gasteiger partial charge in [-0.05, 0) is 49.4 Å². The molecule has 0 saturated heterocycles. The number of rotatable bonds is 4. The van der Waals surface area contributed by atoms with Crippen LogP contribution >= 0.6 is 0 Å².